The first-order valence-electron chi connectivity index (χ1n) is 9.28. The van der Waals surface area contributed by atoms with Gasteiger partial charge in [-0.25, -0.2) is 4.98 Å². The van der Waals surface area contributed by atoms with E-state index in [9.17, 15) is 36.2 Å². The van der Waals surface area contributed by atoms with Gasteiger partial charge in [-0.2, -0.15) is 26.3 Å². The lowest BCUT2D eigenvalue weighted by molar-refractivity contribution is -0.190. The lowest BCUT2D eigenvalue weighted by atomic mass is 9.74. The minimum atomic E-state index is -4.78. The Morgan fingerprint density at radius 3 is 2.37 bits per heavy atom. The van der Waals surface area contributed by atoms with Crippen molar-refractivity contribution in [2.75, 3.05) is 24.5 Å². The van der Waals surface area contributed by atoms with Crippen LogP contribution in [0.2, 0.25) is 0 Å². The van der Waals surface area contributed by atoms with Gasteiger partial charge in [0.2, 0.25) is 0 Å². The highest BCUT2D eigenvalue weighted by molar-refractivity contribution is 7.13. The van der Waals surface area contributed by atoms with Crippen LogP contribution in [0.25, 0.3) is 0 Å². The van der Waals surface area contributed by atoms with Gasteiger partial charge in [0.25, 0.3) is 0 Å². The van der Waals surface area contributed by atoms with Crippen LogP contribution in [-0.4, -0.2) is 53.5 Å². The fourth-order valence-electron chi connectivity index (χ4n) is 4.30. The first-order valence-corrected chi connectivity index (χ1v) is 10.2. The summed E-state index contributed by atoms with van der Waals surface area (Å²) in [4.78, 5) is 21.4. The summed E-state index contributed by atoms with van der Waals surface area (Å²) in [6.07, 6.45) is -10.9. The van der Waals surface area contributed by atoms with Gasteiger partial charge in [0, 0.05) is 36.5 Å². The number of carbonyl (C=O) groups is 1. The molecule has 3 heterocycles. The zero-order valence-corrected chi connectivity index (χ0v) is 16.2. The van der Waals surface area contributed by atoms with Crippen LogP contribution in [0.5, 0.6) is 0 Å². The first kappa shape index (κ1) is 21.3. The molecular formula is C18H17F6N3O2S. The number of aliphatic imine (C=N–C) groups is 1. The summed E-state index contributed by atoms with van der Waals surface area (Å²) in [7, 11) is 0. The van der Waals surface area contributed by atoms with Crippen molar-refractivity contribution in [3.8, 4) is 0 Å². The van der Waals surface area contributed by atoms with Crippen molar-refractivity contribution in [1.29, 1.82) is 0 Å². The molecule has 1 fully saturated rings. The summed E-state index contributed by atoms with van der Waals surface area (Å²) >= 11 is 0.875. The highest BCUT2D eigenvalue weighted by Crippen LogP contribution is 2.45. The molecular weight excluding hydrogens is 436 g/mol. The maximum atomic E-state index is 13.6. The van der Waals surface area contributed by atoms with Crippen LogP contribution in [0.3, 0.4) is 0 Å². The highest BCUT2D eigenvalue weighted by atomic mass is 32.1. The smallest absolute Gasteiger partial charge is 0.384 e. The van der Waals surface area contributed by atoms with E-state index in [1.165, 1.54) is 0 Å². The number of aliphatic hydroxyl groups is 1. The third-order valence-corrected chi connectivity index (χ3v) is 6.63. The summed E-state index contributed by atoms with van der Waals surface area (Å²) < 4.78 is 79.1. The molecule has 1 saturated heterocycles. The number of piperidine rings is 1. The summed E-state index contributed by atoms with van der Waals surface area (Å²) in [5.74, 6) is -3.45. The Hall–Kier alpha value is -1.95. The molecule has 5 nitrogen and oxygen atoms in total. The number of hydrogen-bond acceptors (Lipinski definition) is 6. The molecule has 30 heavy (non-hydrogen) atoms. The quantitative estimate of drug-likeness (QED) is 0.695. The van der Waals surface area contributed by atoms with Gasteiger partial charge in [-0.15, -0.1) is 11.3 Å². The predicted molar refractivity (Wildman–Crippen MR) is 96.6 cm³/mol. The van der Waals surface area contributed by atoms with Gasteiger partial charge in [0.15, 0.2) is 16.6 Å². The fourth-order valence-corrected chi connectivity index (χ4v) is 5.18. The molecule has 0 radical (unpaired) electrons. The van der Waals surface area contributed by atoms with E-state index in [-0.39, 0.29) is 35.3 Å². The molecule has 0 bridgehead atoms. The van der Waals surface area contributed by atoms with E-state index >= 15 is 0 Å². The van der Waals surface area contributed by atoms with Crippen molar-refractivity contribution in [1.82, 2.24) is 4.98 Å². The molecule has 2 atom stereocenters. The number of aliphatic hydroxyl groups excluding tert-OH is 1. The molecule has 1 aliphatic carbocycles. The van der Waals surface area contributed by atoms with E-state index in [2.05, 4.69) is 9.98 Å². The zero-order chi connectivity index (χ0) is 21.8. The number of rotatable bonds is 2. The molecule has 0 saturated carbocycles. The predicted octanol–water partition coefficient (Wildman–Crippen LogP) is 3.64. The number of carbonyl (C=O) groups excluding carboxylic acids is 1. The number of Topliss-reactive ketones (excluding diaryl/α,β-unsaturated/α-hetero) is 1. The number of aromatic nitrogens is 1. The van der Waals surface area contributed by atoms with Crippen LogP contribution in [0.15, 0.2) is 21.5 Å². The summed E-state index contributed by atoms with van der Waals surface area (Å²) in [6, 6.07) is 0. The minimum Gasteiger partial charge on any atom is -0.384 e. The third-order valence-electron chi connectivity index (χ3n) is 5.73. The molecule has 1 aromatic rings. The minimum absolute atomic E-state index is 0.0113. The third kappa shape index (κ3) is 3.75. The SMILES string of the molecule is O=C1CC2=C(C(C3CCN(c4nc(C(F)(F)F)cs4)CC3)=NC2)[C@@H](C(F)(F)F)[C@H]1O. The van der Waals surface area contributed by atoms with E-state index in [1.54, 1.807) is 4.90 Å². The van der Waals surface area contributed by atoms with Crippen molar-refractivity contribution < 1.29 is 36.2 Å². The summed E-state index contributed by atoms with van der Waals surface area (Å²) in [5.41, 5.74) is -0.455. The molecule has 2 aliphatic heterocycles. The standard InChI is InChI=1S/C18H17F6N3O2S/c19-17(20,21)11-7-30-16(26-11)27-3-1-8(2-4-27)14-12-9(6-25-14)5-10(28)15(29)13(12)18(22,23)24/h7-8,13,15,29H,1-6H2/t13-,15+/m1/s1. The van der Waals surface area contributed by atoms with Gasteiger partial charge in [0.05, 0.1) is 6.54 Å². The second kappa shape index (κ2) is 7.33. The van der Waals surface area contributed by atoms with Gasteiger partial charge in [-0.1, -0.05) is 0 Å². The van der Waals surface area contributed by atoms with Crippen molar-refractivity contribution >= 4 is 28.0 Å². The molecule has 1 N–H and O–H groups in total. The Balaban J connectivity index is 1.50. The Bertz CT molecular complexity index is 912. The van der Waals surface area contributed by atoms with E-state index < -0.39 is 35.9 Å². The van der Waals surface area contributed by atoms with Crippen molar-refractivity contribution in [2.45, 2.75) is 37.7 Å². The Kier molecular flexibility index (Phi) is 5.20. The number of ketones is 1. The number of nitrogens with zero attached hydrogens (tertiary/aromatic N) is 3. The van der Waals surface area contributed by atoms with Crippen LogP contribution in [0.1, 0.15) is 25.0 Å². The van der Waals surface area contributed by atoms with Crippen molar-refractivity contribution in [3.05, 3.63) is 22.2 Å². The monoisotopic (exact) mass is 453 g/mol. The number of hydrogen-bond donors (Lipinski definition) is 1. The lowest BCUT2D eigenvalue weighted by Crippen LogP contribution is -2.46. The topological polar surface area (TPSA) is 65.8 Å². The van der Waals surface area contributed by atoms with Gasteiger partial charge in [0.1, 0.15) is 12.0 Å². The Labute approximate surface area is 171 Å². The van der Waals surface area contributed by atoms with Gasteiger partial charge in [-0.05, 0) is 24.0 Å². The summed E-state index contributed by atoms with van der Waals surface area (Å²) in [6.45, 7) is 0.669. The first-order chi connectivity index (χ1) is 14.0. The average Bonchev–Trinajstić information content (AvgIpc) is 3.29. The molecule has 0 unspecified atom stereocenters. The number of halogens is 6. The van der Waals surface area contributed by atoms with Gasteiger partial charge in [-0.3, -0.25) is 9.79 Å². The number of anilines is 1. The summed E-state index contributed by atoms with van der Waals surface area (Å²) in [5, 5.41) is 11.1. The van der Waals surface area contributed by atoms with Crippen LogP contribution >= 0.6 is 11.3 Å². The van der Waals surface area contributed by atoms with Crippen LogP contribution in [-0.2, 0) is 11.0 Å². The number of alkyl halides is 6. The molecule has 4 rings (SSSR count). The molecule has 3 aliphatic rings. The molecule has 0 amide bonds. The molecule has 0 aromatic carbocycles. The second-order valence-corrected chi connectivity index (χ2v) is 8.44. The maximum Gasteiger partial charge on any atom is 0.434 e. The second-order valence-electron chi connectivity index (χ2n) is 7.60. The van der Waals surface area contributed by atoms with Gasteiger partial charge < -0.3 is 10.0 Å². The van der Waals surface area contributed by atoms with E-state index in [4.69, 9.17) is 0 Å². The molecule has 1 aromatic heterocycles. The maximum absolute atomic E-state index is 13.6. The van der Waals surface area contributed by atoms with Crippen LogP contribution in [0.4, 0.5) is 31.5 Å². The van der Waals surface area contributed by atoms with Crippen molar-refractivity contribution in [3.63, 3.8) is 0 Å². The van der Waals surface area contributed by atoms with Crippen LogP contribution in [0, 0.1) is 11.8 Å². The lowest BCUT2D eigenvalue weighted by Gasteiger charge is -2.36. The Morgan fingerprint density at radius 1 is 1.13 bits per heavy atom. The van der Waals surface area contributed by atoms with Crippen molar-refractivity contribution in [2.24, 2.45) is 16.8 Å². The number of thiazole rings is 1. The molecule has 0 spiro atoms. The highest BCUT2D eigenvalue weighted by Gasteiger charge is 2.54. The largest absolute Gasteiger partial charge is 0.434 e. The fraction of sp³-hybridized carbons (Fsp3) is 0.611. The Morgan fingerprint density at radius 2 is 1.80 bits per heavy atom. The normalized spacial score (nSPS) is 26.3. The van der Waals surface area contributed by atoms with Crippen LogP contribution < -0.4 is 4.90 Å². The van der Waals surface area contributed by atoms with E-state index in [1.807, 2.05) is 0 Å². The van der Waals surface area contributed by atoms with Gasteiger partial charge >= 0.3 is 12.4 Å². The van der Waals surface area contributed by atoms with E-state index in [0.717, 1.165) is 16.7 Å². The van der Waals surface area contributed by atoms with E-state index in [0.29, 0.717) is 31.5 Å². The molecule has 164 valence electrons. The average molecular weight is 453 g/mol. The molecule has 12 heteroatoms. The zero-order valence-electron chi connectivity index (χ0n) is 15.4.